The summed E-state index contributed by atoms with van der Waals surface area (Å²) in [6, 6.07) is 12.9. The molecule has 0 aromatic heterocycles. The number of aliphatic imine (C=N–C) groups is 1. The number of guanidine groups is 1. The van der Waals surface area contributed by atoms with Crippen molar-refractivity contribution in [2.45, 2.75) is 18.6 Å². The second-order valence-corrected chi connectivity index (χ2v) is 8.02. The first-order valence-corrected chi connectivity index (χ1v) is 11.1. The molecule has 1 atom stereocenters. The molecular weight excluding hydrogens is 494 g/mol. The second-order valence-electron chi connectivity index (χ2n) is 8.02. The summed E-state index contributed by atoms with van der Waals surface area (Å²) in [6.45, 7) is 0. The number of carbonyl (C=O) groups is 1. The van der Waals surface area contributed by atoms with Gasteiger partial charge in [-0.1, -0.05) is 18.2 Å². The lowest BCUT2D eigenvalue weighted by atomic mass is 9.97. The van der Waals surface area contributed by atoms with Crippen molar-refractivity contribution in [1.82, 2.24) is 0 Å². The van der Waals surface area contributed by atoms with E-state index in [9.17, 15) is 22.4 Å². The first-order chi connectivity index (χ1) is 17.7. The Morgan fingerprint density at radius 3 is 2.46 bits per heavy atom. The van der Waals surface area contributed by atoms with Gasteiger partial charge in [-0.05, 0) is 36.4 Å². The van der Waals surface area contributed by atoms with E-state index in [1.807, 2.05) is 0 Å². The highest BCUT2D eigenvalue weighted by Crippen LogP contribution is 2.45. The van der Waals surface area contributed by atoms with Gasteiger partial charge in [0.25, 0.3) is 0 Å². The Labute approximate surface area is 210 Å². The summed E-state index contributed by atoms with van der Waals surface area (Å²) in [4.78, 5) is 18.3. The van der Waals surface area contributed by atoms with Gasteiger partial charge in [0, 0.05) is 17.3 Å². The Hall–Kier alpha value is -4.28. The van der Waals surface area contributed by atoms with Gasteiger partial charge >= 0.3 is 12.1 Å². The maximum absolute atomic E-state index is 14.9. The number of rotatable bonds is 6. The monoisotopic (exact) mass is 517 g/mol. The van der Waals surface area contributed by atoms with Crippen LogP contribution in [0.5, 0.6) is 11.5 Å². The van der Waals surface area contributed by atoms with Crippen LogP contribution < -0.4 is 19.7 Å². The molecule has 1 aliphatic rings. The van der Waals surface area contributed by atoms with Gasteiger partial charge in [-0.15, -0.1) is 0 Å². The van der Waals surface area contributed by atoms with E-state index in [-0.39, 0.29) is 29.5 Å². The number of ether oxygens (including phenoxy) is 3. The van der Waals surface area contributed by atoms with Crippen molar-refractivity contribution in [1.29, 1.82) is 0 Å². The third kappa shape index (κ3) is 5.30. The average Bonchev–Trinajstić information content (AvgIpc) is 2.88. The predicted molar refractivity (Wildman–Crippen MR) is 130 cm³/mol. The number of halogens is 4. The number of hydrogen-bond donors (Lipinski definition) is 1. The van der Waals surface area contributed by atoms with E-state index in [1.54, 1.807) is 30.3 Å². The Kier molecular flexibility index (Phi) is 7.23. The van der Waals surface area contributed by atoms with Crippen LogP contribution in [0.4, 0.5) is 34.6 Å². The Morgan fingerprint density at radius 2 is 1.78 bits per heavy atom. The number of anilines is 2. The Bertz CT molecular complexity index is 1340. The zero-order valence-corrected chi connectivity index (χ0v) is 20.1. The highest BCUT2D eigenvalue weighted by atomic mass is 19.4. The van der Waals surface area contributed by atoms with Crippen molar-refractivity contribution in [2.75, 3.05) is 31.5 Å². The van der Waals surface area contributed by atoms with Gasteiger partial charge in [-0.2, -0.15) is 13.2 Å². The molecule has 1 unspecified atom stereocenters. The van der Waals surface area contributed by atoms with Gasteiger partial charge in [-0.25, -0.2) is 9.38 Å². The number of para-hydroxylation sites is 1. The maximum Gasteiger partial charge on any atom is 0.416 e. The predicted octanol–water partition coefficient (Wildman–Crippen LogP) is 6.09. The van der Waals surface area contributed by atoms with Crippen molar-refractivity contribution >= 4 is 29.0 Å². The lowest BCUT2D eigenvalue weighted by Crippen LogP contribution is -2.43. The van der Waals surface area contributed by atoms with Gasteiger partial charge in [0.05, 0.1) is 45.0 Å². The van der Waals surface area contributed by atoms with Crippen molar-refractivity contribution in [3.63, 3.8) is 0 Å². The molecule has 0 bridgehead atoms. The first kappa shape index (κ1) is 25.8. The van der Waals surface area contributed by atoms with Crippen LogP contribution in [0.2, 0.25) is 0 Å². The molecule has 1 aliphatic heterocycles. The van der Waals surface area contributed by atoms with Gasteiger partial charge < -0.3 is 24.4 Å². The molecule has 11 heteroatoms. The van der Waals surface area contributed by atoms with Crippen LogP contribution in [0.3, 0.4) is 0 Å². The van der Waals surface area contributed by atoms with E-state index in [0.717, 1.165) is 12.1 Å². The number of nitrogens with zero attached hydrogens (tertiary/aromatic N) is 2. The highest BCUT2D eigenvalue weighted by Gasteiger charge is 2.38. The van der Waals surface area contributed by atoms with Gasteiger partial charge in [0.2, 0.25) is 5.96 Å². The van der Waals surface area contributed by atoms with Crippen LogP contribution in [0.1, 0.15) is 23.6 Å². The molecule has 194 valence electrons. The lowest BCUT2D eigenvalue weighted by Gasteiger charge is -2.38. The highest BCUT2D eigenvalue weighted by molar-refractivity contribution is 6.09. The molecule has 1 heterocycles. The molecule has 3 aromatic carbocycles. The van der Waals surface area contributed by atoms with E-state index in [1.165, 1.54) is 44.4 Å². The van der Waals surface area contributed by atoms with Crippen LogP contribution in [-0.4, -0.2) is 33.3 Å². The SMILES string of the molecule is COC(=O)CC1c2cccc(F)c2N=C(Nc2cccc(OC)c2)N1c1cc(C(F)(F)F)ccc1OC. The summed E-state index contributed by atoms with van der Waals surface area (Å²) in [5.41, 5.74) is -0.267. The number of alkyl halides is 3. The molecule has 0 saturated carbocycles. The van der Waals surface area contributed by atoms with Gasteiger partial charge in [0.15, 0.2) is 0 Å². The smallest absolute Gasteiger partial charge is 0.416 e. The normalized spacial score (nSPS) is 14.9. The largest absolute Gasteiger partial charge is 0.497 e. The lowest BCUT2D eigenvalue weighted by molar-refractivity contribution is -0.141. The van der Waals surface area contributed by atoms with Gasteiger partial charge in [-0.3, -0.25) is 4.79 Å². The first-order valence-electron chi connectivity index (χ1n) is 11.1. The zero-order valence-electron chi connectivity index (χ0n) is 20.1. The summed E-state index contributed by atoms with van der Waals surface area (Å²) in [5.74, 6) is -0.755. The number of esters is 1. The minimum absolute atomic E-state index is 0.0302. The fraction of sp³-hybridized carbons (Fsp3) is 0.231. The molecule has 7 nitrogen and oxygen atoms in total. The molecule has 0 spiro atoms. The molecule has 0 aliphatic carbocycles. The van der Waals surface area contributed by atoms with E-state index < -0.39 is 29.6 Å². The van der Waals surface area contributed by atoms with E-state index >= 15 is 0 Å². The van der Waals surface area contributed by atoms with Crippen LogP contribution in [0.25, 0.3) is 0 Å². The fourth-order valence-electron chi connectivity index (χ4n) is 4.06. The summed E-state index contributed by atoms with van der Waals surface area (Å²) in [5, 5.41) is 3.04. The second kappa shape index (κ2) is 10.4. The van der Waals surface area contributed by atoms with E-state index in [4.69, 9.17) is 14.2 Å². The maximum atomic E-state index is 14.9. The summed E-state index contributed by atoms with van der Waals surface area (Å²) >= 11 is 0. The van der Waals surface area contributed by atoms with Crippen LogP contribution in [0, 0.1) is 5.82 Å². The van der Waals surface area contributed by atoms with Crippen LogP contribution in [0.15, 0.2) is 65.7 Å². The quantitative estimate of drug-likeness (QED) is 0.315. The third-order valence-electron chi connectivity index (χ3n) is 5.81. The molecular formula is C26H23F4N3O4. The number of benzene rings is 3. The molecule has 0 saturated heterocycles. The number of fused-ring (bicyclic) bond motifs is 1. The standard InChI is InChI=1S/C26H23F4N3O4/c1-35-17-7-4-6-16(13-17)31-25-32-24-18(8-5-9-19(24)27)20(14-23(34)37-3)33(25)21-12-15(26(28,29)30)10-11-22(21)36-2/h4-13,20H,14H2,1-3H3,(H,31,32). The van der Waals surface area contributed by atoms with Crippen molar-refractivity contribution in [3.05, 3.63) is 77.6 Å². The molecule has 0 radical (unpaired) electrons. The Morgan fingerprint density at radius 1 is 1.03 bits per heavy atom. The number of methoxy groups -OCH3 is 3. The van der Waals surface area contributed by atoms with Crippen molar-refractivity contribution < 1.29 is 36.6 Å². The summed E-state index contributed by atoms with van der Waals surface area (Å²) in [7, 11) is 3.98. The molecule has 4 rings (SSSR count). The van der Waals surface area contributed by atoms with Crippen molar-refractivity contribution in [2.24, 2.45) is 4.99 Å². The molecule has 0 amide bonds. The molecule has 3 aromatic rings. The number of hydrogen-bond acceptors (Lipinski definition) is 7. The third-order valence-corrected chi connectivity index (χ3v) is 5.81. The summed E-state index contributed by atoms with van der Waals surface area (Å²) < 4.78 is 71.5. The van der Waals surface area contributed by atoms with Gasteiger partial charge in [0.1, 0.15) is 23.0 Å². The van der Waals surface area contributed by atoms with E-state index in [0.29, 0.717) is 17.0 Å². The molecule has 1 N–H and O–H groups in total. The van der Waals surface area contributed by atoms with E-state index in [2.05, 4.69) is 10.3 Å². The zero-order chi connectivity index (χ0) is 26.7. The Balaban J connectivity index is 1.97. The summed E-state index contributed by atoms with van der Waals surface area (Å²) in [6.07, 6.45) is -4.97. The minimum atomic E-state index is -4.66. The number of carbonyl (C=O) groups excluding carboxylic acids is 1. The fourth-order valence-corrected chi connectivity index (χ4v) is 4.06. The van der Waals surface area contributed by atoms with Crippen LogP contribution >= 0.6 is 0 Å². The topological polar surface area (TPSA) is 72.4 Å². The minimum Gasteiger partial charge on any atom is -0.497 e. The molecule has 0 fully saturated rings. The molecule has 37 heavy (non-hydrogen) atoms. The van der Waals surface area contributed by atoms with Crippen LogP contribution in [-0.2, 0) is 15.7 Å². The van der Waals surface area contributed by atoms with Crippen molar-refractivity contribution in [3.8, 4) is 11.5 Å². The number of nitrogens with one attached hydrogen (secondary N) is 1. The average molecular weight is 517 g/mol.